The Kier molecular flexibility index (Phi) is 5.78. The van der Waals surface area contributed by atoms with E-state index in [0.717, 1.165) is 12.2 Å². The molecule has 0 fully saturated rings. The van der Waals surface area contributed by atoms with Crippen LogP contribution in [0.5, 0.6) is 5.75 Å². The minimum absolute atomic E-state index is 0.0231. The molecule has 0 heterocycles. The fourth-order valence-electron chi connectivity index (χ4n) is 1.88. The Bertz CT molecular complexity index is 644. The molecule has 0 saturated carbocycles. The summed E-state index contributed by atoms with van der Waals surface area (Å²) in [6.45, 7) is 2.36. The molecule has 2 aromatic rings. The van der Waals surface area contributed by atoms with E-state index in [0.29, 0.717) is 5.69 Å². The van der Waals surface area contributed by atoms with E-state index in [4.69, 9.17) is 16.3 Å². The van der Waals surface area contributed by atoms with Crippen molar-refractivity contribution in [3.63, 3.8) is 0 Å². The lowest BCUT2D eigenvalue weighted by molar-refractivity contribution is -0.116. The molecule has 0 bridgehead atoms. The van der Waals surface area contributed by atoms with E-state index in [1.165, 1.54) is 23.8 Å². The van der Waals surface area contributed by atoms with Crippen LogP contribution in [0.2, 0.25) is 5.02 Å². The third kappa shape index (κ3) is 4.74. The van der Waals surface area contributed by atoms with Crippen LogP contribution in [-0.4, -0.2) is 12.5 Å². The van der Waals surface area contributed by atoms with Gasteiger partial charge in [-0.2, -0.15) is 0 Å². The Morgan fingerprint density at radius 1 is 1.23 bits per heavy atom. The zero-order valence-electron chi connectivity index (χ0n) is 12.2. The number of halogens is 2. The summed E-state index contributed by atoms with van der Waals surface area (Å²) in [5.74, 6) is 0.00112. The monoisotopic (exact) mass is 321 g/mol. The SMILES string of the molecule is CCc1ccc(OCCC(=O)Nc2ccc(F)c(Cl)c2)cc1. The number of amides is 1. The maximum Gasteiger partial charge on any atom is 0.227 e. The molecule has 2 aromatic carbocycles. The van der Waals surface area contributed by atoms with Crippen molar-refractivity contribution in [3.8, 4) is 5.75 Å². The molecule has 5 heteroatoms. The van der Waals surface area contributed by atoms with Crippen LogP contribution in [0.15, 0.2) is 42.5 Å². The van der Waals surface area contributed by atoms with Crippen molar-refractivity contribution in [2.75, 3.05) is 11.9 Å². The van der Waals surface area contributed by atoms with Crippen molar-refractivity contribution >= 4 is 23.2 Å². The third-order valence-corrected chi connectivity index (χ3v) is 3.42. The fraction of sp³-hybridized carbons (Fsp3) is 0.235. The highest BCUT2D eigenvalue weighted by molar-refractivity contribution is 6.31. The first-order valence-electron chi connectivity index (χ1n) is 7.05. The highest BCUT2D eigenvalue weighted by Gasteiger charge is 2.06. The highest BCUT2D eigenvalue weighted by atomic mass is 35.5. The van der Waals surface area contributed by atoms with E-state index >= 15 is 0 Å². The van der Waals surface area contributed by atoms with Gasteiger partial charge in [0.1, 0.15) is 11.6 Å². The molecule has 22 heavy (non-hydrogen) atoms. The zero-order chi connectivity index (χ0) is 15.9. The summed E-state index contributed by atoms with van der Waals surface area (Å²) in [6, 6.07) is 11.8. The molecule has 3 nitrogen and oxygen atoms in total. The second kappa shape index (κ2) is 7.80. The summed E-state index contributed by atoms with van der Waals surface area (Å²) >= 11 is 5.66. The molecule has 1 amide bonds. The molecule has 0 aliphatic rings. The van der Waals surface area contributed by atoms with E-state index in [2.05, 4.69) is 12.2 Å². The van der Waals surface area contributed by atoms with E-state index in [-0.39, 0.29) is 24.0 Å². The first kappa shape index (κ1) is 16.3. The average molecular weight is 322 g/mol. The second-order valence-electron chi connectivity index (χ2n) is 4.77. The van der Waals surface area contributed by atoms with Crippen molar-refractivity contribution in [1.29, 1.82) is 0 Å². The topological polar surface area (TPSA) is 38.3 Å². The maximum atomic E-state index is 13.0. The number of ether oxygens (including phenoxy) is 1. The minimum atomic E-state index is -0.515. The summed E-state index contributed by atoms with van der Waals surface area (Å²) < 4.78 is 18.5. The van der Waals surface area contributed by atoms with Crippen LogP contribution in [0.4, 0.5) is 10.1 Å². The van der Waals surface area contributed by atoms with Gasteiger partial charge in [-0.05, 0) is 42.3 Å². The van der Waals surface area contributed by atoms with Crippen molar-refractivity contribution in [3.05, 3.63) is 58.9 Å². The van der Waals surface area contributed by atoms with Crippen molar-refractivity contribution < 1.29 is 13.9 Å². The van der Waals surface area contributed by atoms with E-state index in [1.54, 1.807) is 0 Å². The van der Waals surface area contributed by atoms with Gasteiger partial charge in [0, 0.05) is 5.69 Å². The van der Waals surface area contributed by atoms with E-state index < -0.39 is 5.82 Å². The van der Waals surface area contributed by atoms with E-state index in [1.807, 2.05) is 24.3 Å². The number of hydrogen-bond acceptors (Lipinski definition) is 2. The number of hydrogen-bond donors (Lipinski definition) is 1. The van der Waals surface area contributed by atoms with Gasteiger partial charge in [0.25, 0.3) is 0 Å². The van der Waals surface area contributed by atoms with Crippen LogP contribution in [0.25, 0.3) is 0 Å². The summed E-state index contributed by atoms with van der Waals surface area (Å²) in [4.78, 5) is 11.8. The van der Waals surface area contributed by atoms with Gasteiger partial charge in [-0.15, -0.1) is 0 Å². The van der Waals surface area contributed by atoms with Gasteiger partial charge < -0.3 is 10.1 Å². The molecule has 0 aliphatic carbocycles. The molecule has 0 spiro atoms. The number of anilines is 1. The predicted octanol–water partition coefficient (Wildman–Crippen LogP) is 4.45. The summed E-state index contributed by atoms with van der Waals surface area (Å²) in [7, 11) is 0. The molecule has 0 aliphatic heterocycles. The number of rotatable bonds is 6. The lowest BCUT2D eigenvalue weighted by Crippen LogP contribution is -2.15. The lowest BCUT2D eigenvalue weighted by atomic mass is 10.2. The fourth-order valence-corrected chi connectivity index (χ4v) is 2.06. The zero-order valence-corrected chi connectivity index (χ0v) is 13.0. The standard InChI is InChI=1S/C17H17ClFNO2/c1-2-12-3-6-14(7-4-12)22-10-9-17(21)20-13-5-8-16(19)15(18)11-13/h3-8,11H,2,9-10H2,1H3,(H,20,21). The molecule has 1 N–H and O–H groups in total. The van der Waals surface area contributed by atoms with Crippen LogP contribution in [0.3, 0.4) is 0 Å². The molecule has 0 unspecified atom stereocenters. The van der Waals surface area contributed by atoms with Crippen LogP contribution < -0.4 is 10.1 Å². The number of carbonyl (C=O) groups excluding carboxylic acids is 1. The molecule has 2 rings (SSSR count). The van der Waals surface area contributed by atoms with Crippen LogP contribution in [0, 0.1) is 5.82 Å². The first-order valence-corrected chi connectivity index (χ1v) is 7.43. The Balaban J connectivity index is 1.78. The van der Waals surface area contributed by atoms with Crippen LogP contribution in [0.1, 0.15) is 18.9 Å². The quantitative estimate of drug-likeness (QED) is 0.853. The van der Waals surface area contributed by atoms with Gasteiger partial charge in [0.05, 0.1) is 18.1 Å². The smallest absolute Gasteiger partial charge is 0.227 e. The third-order valence-electron chi connectivity index (χ3n) is 3.13. The largest absolute Gasteiger partial charge is 0.493 e. The van der Waals surface area contributed by atoms with Gasteiger partial charge in [-0.1, -0.05) is 30.7 Å². The second-order valence-corrected chi connectivity index (χ2v) is 5.18. The number of carbonyl (C=O) groups is 1. The van der Waals surface area contributed by atoms with E-state index in [9.17, 15) is 9.18 Å². The molecule has 0 aromatic heterocycles. The van der Waals surface area contributed by atoms with Crippen LogP contribution in [-0.2, 0) is 11.2 Å². The van der Waals surface area contributed by atoms with Crippen LogP contribution >= 0.6 is 11.6 Å². The highest BCUT2D eigenvalue weighted by Crippen LogP contribution is 2.19. The number of aryl methyl sites for hydroxylation is 1. The average Bonchev–Trinajstić information content (AvgIpc) is 2.51. The molecule has 0 saturated heterocycles. The van der Waals surface area contributed by atoms with Gasteiger partial charge in [-0.25, -0.2) is 4.39 Å². The molecular weight excluding hydrogens is 305 g/mol. The normalized spacial score (nSPS) is 10.3. The van der Waals surface area contributed by atoms with Gasteiger partial charge in [0.2, 0.25) is 5.91 Å². The molecule has 0 atom stereocenters. The first-order chi connectivity index (χ1) is 10.6. The molecule has 116 valence electrons. The van der Waals surface area contributed by atoms with Gasteiger partial charge >= 0.3 is 0 Å². The van der Waals surface area contributed by atoms with Gasteiger partial charge in [0.15, 0.2) is 0 Å². The summed E-state index contributed by atoms with van der Waals surface area (Å²) in [5, 5.41) is 2.62. The summed E-state index contributed by atoms with van der Waals surface area (Å²) in [5.41, 5.74) is 1.70. The Morgan fingerprint density at radius 3 is 2.59 bits per heavy atom. The van der Waals surface area contributed by atoms with Gasteiger partial charge in [-0.3, -0.25) is 4.79 Å². The number of benzene rings is 2. The summed E-state index contributed by atoms with van der Waals surface area (Å²) in [6.07, 6.45) is 1.17. The minimum Gasteiger partial charge on any atom is -0.493 e. The Labute approximate surface area is 134 Å². The lowest BCUT2D eigenvalue weighted by Gasteiger charge is -2.08. The molecule has 0 radical (unpaired) electrons. The molecular formula is C17H17ClFNO2. The number of nitrogens with one attached hydrogen (secondary N) is 1. The van der Waals surface area contributed by atoms with Crippen molar-refractivity contribution in [2.45, 2.75) is 19.8 Å². The van der Waals surface area contributed by atoms with Crippen molar-refractivity contribution in [1.82, 2.24) is 0 Å². The Hall–Kier alpha value is -2.07. The Morgan fingerprint density at radius 2 is 1.95 bits per heavy atom. The van der Waals surface area contributed by atoms with Crippen molar-refractivity contribution in [2.24, 2.45) is 0 Å². The maximum absolute atomic E-state index is 13.0. The predicted molar refractivity (Wildman–Crippen MR) is 86.0 cm³/mol.